The molecule has 0 aliphatic carbocycles. The van der Waals surface area contributed by atoms with E-state index >= 15 is 0 Å². The van der Waals surface area contributed by atoms with E-state index in [4.69, 9.17) is 16.0 Å². The van der Waals surface area contributed by atoms with Crippen molar-refractivity contribution in [3.05, 3.63) is 65.6 Å². The summed E-state index contributed by atoms with van der Waals surface area (Å²) < 4.78 is 7.41. The van der Waals surface area contributed by atoms with Gasteiger partial charge in [-0.25, -0.2) is 0 Å². The van der Waals surface area contributed by atoms with Crippen molar-refractivity contribution in [2.24, 2.45) is 7.05 Å². The smallest absolute Gasteiger partial charge is 0.291 e. The number of hydrogen-bond donors (Lipinski definition) is 1. The molecule has 4 aromatic rings. The molecular weight excluding hydrogens is 372 g/mol. The van der Waals surface area contributed by atoms with Gasteiger partial charge in [0.1, 0.15) is 11.9 Å². The molecule has 1 amide bonds. The minimum Gasteiger partial charge on any atom is -0.451 e. The van der Waals surface area contributed by atoms with Crippen LogP contribution in [0.15, 0.2) is 69.3 Å². The van der Waals surface area contributed by atoms with Gasteiger partial charge < -0.3 is 14.3 Å². The first-order chi connectivity index (χ1) is 12.6. The van der Waals surface area contributed by atoms with Crippen molar-refractivity contribution in [1.82, 2.24) is 14.8 Å². The summed E-state index contributed by atoms with van der Waals surface area (Å²) in [5.74, 6) is -0.107. The lowest BCUT2D eigenvalue weighted by Crippen LogP contribution is -2.11. The fourth-order valence-corrected chi connectivity index (χ4v) is 3.43. The molecule has 6 nitrogen and oxygen atoms in total. The van der Waals surface area contributed by atoms with Gasteiger partial charge in [0.25, 0.3) is 5.91 Å². The first-order valence-electron chi connectivity index (χ1n) is 7.71. The molecule has 0 aliphatic heterocycles. The highest BCUT2D eigenvalue weighted by Gasteiger charge is 2.16. The molecular formula is C18H13ClN4O2S. The van der Waals surface area contributed by atoms with E-state index in [0.717, 1.165) is 10.3 Å². The molecule has 4 rings (SSSR count). The van der Waals surface area contributed by atoms with Crippen LogP contribution >= 0.6 is 23.4 Å². The van der Waals surface area contributed by atoms with Gasteiger partial charge in [-0.3, -0.25) is 4.79 Å². The summed E-state index contributed by atoms with van der Waals surface area (Å²) in [6, 6.07) is 14.5. The number of amides is 1. The Balaban J connectivity index is 1.63. The zero-order valence-corrected chi connectivity index (χ0v) is 15.2. The Morgan fingerprint density at radius 2 is 2.08 bits per heavy atom. The molecule has 130 valence electrons. The summed E-state index contributed by atoms with van der Waals surface area (Å²) in [4.78, 5) is 13.4. The largest absolute Gasteiger partial charge is 0.451 e. The van der Waals surface area contributed by atoms with Crippen LogP contribution in [0.25, 0.3) is 11.0 Å². The average Bonchev–Trinajstić information content (AvgIpc) is 3.23. The number of rotatable bonds is 4. The second-order valence-corrected chi connectivity index (χ2v) is 7.02. The second kappa shape index (κ2) is 6.86. The quantitative estimate of drug-likeness (QED) is 0.555. The van der Waals surface area contributed by atoms with Crippen molar-refractivity contribution < 1.29 is 9.21 Å². The predicted octanol–water partition coefficient (Wildman–Crippen LogP) is 4.62. The van der Waals surface area contributed by atoms with Gasteiger partial charge in [0, 0.05) is 22.4 Å². The van der Waals surface area contributed by atoms with Crippen molar-refractivity contribution in [1.29, 1.82) is 0 Å². The number of fused-ring (bicyclic) bond motifs is 1. The third kappa shape index (κ3) is 3.31. The Bertz CT molecular complexity index is 1070. The lowest BCUT2D eigenvalue weighted by molar-refractivity contribution is 0.0998. The molecule has 2 heterocycles. The van der Waals surface area contributed by atoms with Crippen LogP contribution in [0.2, 0.25) is 5.02 Å². The monoisotopic (exact) mass is 384 g/mol. The molecule has 8 heteroatoms. The number of furan rings is 1. The molecule has 0 fully saturated rings. The minimum absolute atomic E-state index is 0.237. The Morgan fingerprint density at radius 1 is 1.23 bits per heavy atom. The fourth-order valence-electron chi connectivity index (χ4n) is 2.43. The number of benzene rings is 2. The summed E-state index contributed by atoms with van der Waals surface area (Å²) >= 11 is 7.49. The summed E-state index contributed by atoms with van der Waals surface area (Å²) in [5.41, 5.74) is 1.24. The third-order valence-corrected chi connectivity index (χ3v) is 5.07. The summed E-state index contributed by atoms with van der Waals surface area (Å²) in [5, 5.41) is 12.9. The second-order valence-electron chi connectivity index (χ2n) is 5.57. The lowest BCUT2D eigenvalue weighted by Gasteiger charge is -2.10. The number of hydrogen-bond acceptors (Lipinski definition) is 5. The lowest BCUT2D eigenvalue weighted by atomic mass is 10.2. The van der Waals surface area contributed by atoms with Gasteiger partial charge in [0.15, 0.2) is 10.9 Å². The highest BCUT2D eigenvalue weighted by atomic mass is 35.5. The normalized spacial score (nSPS) is 11.0. The SMILES string of the molecule is Cn1cnnc1Sc1ccc(Cl)cc1NC(=O)c1cc2ccccc2o1. The van der Waals surface area contributed by atoms with Crippen molar-refractivity contribution in [3.8, 4) is 0 Å². The summed E-state index contributed by atoms with van der Waals surface area (Å²) in [6.45, 7) is 0. The van der Waals surface area contributed by atoms with E-state index in [1.807, 2.05) is 37.4 Å². The first-order valence-corrected chi connectivity index (χ1v) is 8.91. The molecule has 0 atom stereocenters. The molecule has 0 saturated carbocycles. The molecule has 0 saturated heterocycles. The van der Waals surface area contributed by atoms with Crippen molar-refractivity contribution in [3.63, 3.8) is 0 Å². The Kier molecular flexibility index (Phi) is 4.40. The van der Waals surface area contributed by atoms with E-state index < -0.39 is 0 Å². The van der Waals surface area contributed by atoms with Crippen LogP contribution in [0.1, 0.15) is 10.6 Å². The van der Waals surface area contributed by atoms with Crippen LogP contribution in [0.3, 0.4) is 0 Å². The molecule has 26 heavy (non-hydrogen) atoms. The van der Waals surface area contributed by atoms with Gasteiger partial charge in [-0.15, -0.1) is 10.2 Å². The molecule has 0 bridgehead atoms. The Hall–Kier alpha value is -2.77. The zero-order chi connectivity index (χ0) is 18.1. The number of aromatic nitrogens is 3. The maximum absolute atomic E-state index is 12.6. The van der Waals surface area contributed by atoms with Crippen molar-refractivity contribution in [2.45, 2.75) is 10.1 Å². The van der Waals surface area contributed by atoms with Gasteiger partial charge in [-0.2, -0.15) is 0 Å². The summed E-state index contributed by atoms with van der Waals surface area (Å²) in [6.07, 6.45) is 1.62. The molecule has 0 aliphatic rings. The molecule has 0 radical (unpaired) electrons. The van der Waals surface area contributed by atoms with E-state index in [2.05, 4.69) is 15.5 Å². The first kappa shape index (κ1) is 16.7. The standard InChI is InChI=1S/C18H13ClN4O2S/c1-23-10-20-22-18(23)26-16-7-6-12(19)9-13(16)21-17(24)15-8-11-4-2-3-5-14(11)25-15/h2-10H,1H3,(H,21,24). The number of anilines is 1. The van der Waals surface area contributed by atoms with Crippen LogP contribution in [0.5, 0.6) is 0 Å². The number of para-hydroxylation sites is 1. The van der Waals surface area contributed by atoms with E-state index in [9.17, 15) is 4.79 Å². The van der Waals surface area contributed by atoms with Gasteiger partial charge in [-0.05, 0) is 42.1 Å². The van der Waals surface area contributed by atoms with Crippen LogP contribution in [-0.4, -0.2) is 20.7 Å². The van der Waals surface area contributed by atoms with Crippen LogP contribution in [0.4, 0.5) is 5.69 Å². The van der Waals surface area contributed by atoms with Gasteiger partial charge in [0.05, 0.1) is 5.69 Å². The van der Waals surface area contributed by atoms with Gasteiger partial charge in [-0.1, -0.05) is 29.8 Å². The van der Waals surface area contributed by atoms with Crippen LogP contribution in [-0.2, 0) is 7.05 Å². The number of halogens is 1. The number of carbonyl (C=O) groups excluding carboxylic acids is 1. The van der Waals surface area contributed by atoms with E-state index in [1.165, 1.54) is 11.8 Å². The third-order valence-electron chi connectivity index (χ3n) is 3.71. The van der Waals surface area contributed by atoms with Crippen LogP contribution < -0.4 is 5.32 Å². The highest BCUT2D eigenvalue weighted by Crippen LogP contribution is 2.34. The molecule has 2 aromatic heterocycles. The maximum Gasteiger partial charge on any atom is 0.291 e. The molecule has 2 aromatic carbocycles. The topological polar surface area (TPSA) is 73.0 Å². The van der Waals surface area contributed by atoms with Gasteiger partial charge >= 0.3 is 0 Å². The van der Waals surface area contributed by atoms with Crippen molar-refractivity contribution >= 4 is 45.9 Å². The number of nitrogens with zero attached hydrogens (tertiary/aromatic N) is 3. The Morgan fingerprint density at radius 3 is 2.85 bits per heavy atom. The van der Waals surface area contributed by atoms with E-state index in [0.29, 0.717) is 21.4 Å². The fraction of sp³-hybridized carbons (Fsp3) is 0.0556. The zero-order valence-electron chi connectivity index (χ0n) is 13.6. The molecule has 0 spiro atoms. The average molecular weight is 385 g/mol. The predicted molar refractivity (Wildman–Crippen MR) is 101 cm³/mol. The van der Waals surface area contributed by atoms with Crippen LogP contribution in [0, 0.1) is 0 Å². The highest BCUT2D eigenvalue weighted by molar-refractivity contribution is 7.99. The molecule has 1 N–H and O–H groups in total. The number of nitrogens with one attached hydrogen (secondary N) is 1. The van der Waals surface area contributed by atoms with Gasteiger partial charge in [0.2, 0.25) is 0 Å². The minimum atomic E-state index is -0.344. The van der Waals surface area contributed by atoms with E-state index in [-0.39, 0.29) is 11.7 Å². The van der Waals surface area contributed by atoms with E-state index in [1.54, 1.807) is 29.1 Å². The number of aryl methyl sites for hydroxylation is 1. The number of carbonyl (C=O) groups is 1. The van der Waals surface area contributed by atoms with Crippen molar-refractivity contribution in [2.75, 3.05) is 5.32 Å². The Labute approximate surface area is 158 Å². The molecule has 0 unspecified atom stereocenters. The maximum atomic E-state index is 12.6. The summed E-state index contributed by atoms with van der Waals surface area (Å²) in [7, 11) is 1.85.